The van der Waals surface area contributed by atoms with E-state index in [2.05, 4.69) is 31.2 Å². The summed E-state index contributed by atoms with van der Waals surface area (Å²) in [6.07, 6.45) is 5.76. The molecule has 15 nitrogen and oxygen atoms in total. The Balaban J connectivity index is 1.56. The highest BCUT2D eigenvalue weighted by Gasteiger charge is 2.55. The summed E-state index contributed by atoms with van der Waals surface area (Å²) in [5.41, 5.74) is 0.866. The van der Waals surface area contributed by atoms with Gasteiger partial charge in [0.25, 0.3) is 11.8 Å². The smallest absolute Gasteiger partial charge is 0.290 e. The van der Waals surface area contributed by atoms with Gasteiger partial charge in [-0.05, 0) is 49.5 Å². The van der Waals surface area contributed by atoms with Crippen molar-refractivity contribution < 1.29 is 38.2 Å². The summed E-state index contributed by atoms with van der Waals surface area (Å²) in [4.78, 5) is 91.7. The lowest BCUT2D eigenvalue weighted by molar-refractivity contribution is -0.145. The number of carbonyl (C=O) groups is 6. The highest BCUT2D eigenvalue weighted by Crippen LogP contribution is 2.44. The molecule has 8 atom stereocenters. The van der Waals surface area contributed by atoms with Crippen molar-refractivity contribution in [2.45, 2.75) is 104 Å². The van der Waals surface area contributed by atoms with E-state index >= 15 is 0 Å². The van der Waals surface area contributed by atoms with Crippen LogP contribution in [0.5, 0.6) is 0 Å². The van der Waals surface area contributed by atoms with Crippen molar-refractivity contribution in [1.82, 2.24) is 36.1 Å². The molecular formula is C39H55N7O8. The number of hydrogen-bond acceptors (Lipinski definition) is 10. The molecule has 1 aromatic heterocycles. The van der Waals surface area contributed by atoms with Gasteiger partial charge in [0.05, 0.1) is 24.4 Å². The molecule has 1 aliphatic carbocycles. The van der Waals surface area contributed by atoms with Gasteiger partial charge >= 0.3 is 0 Å². The monoisotopic (exact) mass is 749 g/mol. The lowest BCUT2D eigenvalue weighted by atomic mass is 9.92. The van der Waals surface area contributed by atoms with Gasteiger partial charge in [-0.1, -0.05) is 71.4 Å². The largest absolute Gasteiger partial charge is 0.359 e. The first-order valence-corrected chi connectivity index (χ1v) is 18.8. The predicted molar refractivity (Wildman–Crippen MR) is 198 cm³/mol. The Kier molecular flexibility index (Phi) is 15.2. The molecule has 2 fully saturated rings. The second kappa shape index (κ2) is 19.5. The number of aromatic nitrogens is 2. The lowest BCUT2D eigenvalue weighted by Crippen LogP contribution is -2.60. The number of fused-ring (bicyclic) bond motifs is 1. The molecule has 2 aromatic rings. The zero-order valence-corrected chi connectivity index (χ0v) is 32.2. The Morgan fingerprint density at radius 1 is 0.870 bits per heavy atom. The number of nitrogens with zero attached hydrogens (tertiary/aromatic N) is 3. The van der Waals surface area contributed by atoms with Crippen LogP contribution in [0.1, 0.15) is 89.3 Å². The number of Topliss-reactive ketones (excluding diaryl/α,β-unsaturated/α-hetero) is 1. The third kappa shape index (κ3) is 10.3. The molecule has 4 N–H and O–H groups in total. The van der Waals surface area contributed by atoms with E-state index < -0.39 is 71.4 Å². The third-order valence-electron chi connectivity index (χ3n) is 10.3. The van der Waals surface area contributed by atoms with Gasteiger partial charge in [0, 0.05) is 32.0 Å². The second-order valence-corrected chi connectivity index (χ2v) is 14.8. The van der Waals surface area contributed by atoms with Crippen LogP contribution in [0.25, 0.3) is 0 Å². The zero-order valence-electron chi connectivity index (χ0n) is 32.2. The minimum atomic E-state index is -1.12. The molecule has 0 radical (unpaired) electrons. The van der Waals surface area contributed by atoms with Crippen LogP contribution in [0.4, 0.5) is 0 Å². The van der Waals surface area contributed by atoms with Crippen molar-refractivity contribution in [2.24, 2.45) is 23.7 Å². The van der Waals surface area contributed by atoms with Gasteiger partial charge in [-0.15, -0.1) is 0 Å². The van der Waals surface area contributed by atoms with Crippen LogP contribution in [-0.4, -0.2) is 101 Å². The number of methoxy groups -OCH3 is 1. The van der Waals surface area contributed by atoms with Crippen LogP contribution in [0.2, 0.25) is 0 Å². The maximum absolute atomic E-state index is 14.6. The number of nitrogens with one attached hydrogen (secondary N) is 4. The highest BCUT2D eigenvalue weighted by molar-refractivity contribution is 6.38. The van der Waals surface area contributed by atoms with Crippen LogP contribution >= 0.6 is 0 Å². The van der Waals surface area contributed by atoms with Crippen molar-refractivity contribution in [3.63, 3.8) is 0 Å². The number of rotatable bonds is 18. The molecule has 15 heteroatoms. The SMILES string of the molecule is CCCC(NC(=O)[C@@H]1[C@H]2CC[C@@H](OCOC)[C@H]2CN1C(=O)[C@@H](NC(=O)[C@H](NC(=O)c1cnccn1)C(C)C)C(C)C)C(=O)C(=O)N[C@H](C)c1ccccc1. The van der Waals surface area contributed by atoms with Crippen LogP contribution in [0.3, 0.4) is 0 Å². The maximum Gasteiger partial charge on any atom is 0.290 e. The fourth-order valence-corrected chi connectivity index (χ4v) is 7.37. The quantitative estimate of drug-likeness (QED) is 0.130. The molecule has 294 valence electrons. The predicted octanol–water partition coefficient (Wildman–Crippen LogP) is 2.33. The van der Waals surface area contributed by atoms with Crippen LogP contribution in [-0.2, 0) is 33.4 Å². The minimum absolute atomic E-state index is 0.0400. The Morgan fingerprint density at radius 2 is 1.57 bits per heavy atom. The summed E-state index contributed by atoms with van der Waals surface area (Å²) in [6.45, 7) is 11.0. The third-order valence-corrected chi connectivity index (χ3v) is 10.3. The minimum Gasteiger partial charge on any atom is -0.359 e. The van der Waals surface area contributed by atoms with Crippen molar-refractivity contribution in [2.75, 3.05) is 20.4 Å². The molecule has 1 aliphatic heterocycles. The van der Waals surface area contributed by atoms with E-state index in [0.717, 1.165) is 5.56 Å². The van der Waals surface area contributed by atoms with Crippen molar-refractivity contribution in [3.05, 3.63) is 60.2 Å². The summed E-state index contributed by atoms with van der Waals surface area (Å²) < 4.78 is 11.1. The summed E-state index contributed by atoms with van der Waals surface area (Å²) in [6, 6.07) is 4.62. The molecule has 1 unspecified atom stereocenters. The van der Waals surface area contributed by atoms with Crippen LogP contribution < -0.4 is 21.3 Å². The molecule has 1 saturated heterocycles. The summed E-state index contributed by atoms with van der Waals surface area (Å²) in [5.74, 6) is -5.05. The Labute approximate surface area is 317 Å². The first-order chi connectivity index (χ1) is 25.8. The molecule has 0 bridgehead atoms. The van der Waals surface area contributed by atoms with Gasteiger partial charge in [0.2, 0.25) is 23.5 Å². The number of benzene rings is 1. The highest BCUT2D eigenvalue weighted by atomic mass is 16.7. The average molecular weight is 750 g/mol. The van der Waals surface area contributed by atoms with Crippen molar-refractivity contribution in [1.29, 1.82) is 0 Å². The molecule has 1 saturated carbocycles. The number of carbonyl (C=O) groups excluding carboxylic acids is 6. The van der Waals surface area contributed by atoms with E-state index in [9.17, 15) is 28.8 Å². The number of ketones is 1. The Hall–Kier alpha value is -4.76. The van der Waals surface area contributed by atoms with E-state index in [1.165, 1.54) is 30.6 Å². The molecule has 1 aromatic carbocycles. The lowest BCUT2D eigenvalue weighted by Gasteiger charge is -2.34. The van der Waals surface area contributed by atoms with E-state index in [1.54, 1.807) is 34.6 Å². The maximum atomic E-state index is 14.6. The van der Waals surface area contributed by atoms with Gasteiger partial charge in [-0.3, -0.25) is 33.8 Å². The van der Waals surface area contributed by atoms with Gasteiger partial charge in [0.1, 0.15) is 30.6 Å². The molecule has 0 spiro atoms. The topological polar surface area (TPSA) is 198 Å². The fourth-order valence-electron chi connectivity index (χ4n) is 7.37. The molecule has 2 heterocycles. The van der Waals surface area contributed by atoms with Crippen molar-refractivity contribution >= 4 is 35.3 Å². The fraction of sp³-hybridized carbons (Fsp3) is 0.590. The first kappa shape index (κ1) is 42.0. The van der Waals surface area contributed by atoms with E-state index in [1.807, 2.05) is 37.3 Å². The van der Waals surface area contributed by atoms with Gasteiger partial charge in [-0.2, -0.15) is 0 Å². The number of ether oxygens (including phenoxy) is 2. The van der Waals surface area contributed by atoms with Crippen molar-refractivity contribution in [3.8, 4) is 0 Å². The number of hydrogen-bond donors (Lipinski definition) is 4. The standard InChI is InChI=1S/C39H55N7O8/c1-8-12-28(34(47)38(51)42-24(6)25-13-10-9-11-14-25)43-37(50)33-26-15-16-30(54-21-53-7)27(26)20-46(33)39(52)32(23(4)5)45-36(49)31(22(2)3)44-35(48)29-19-40-17-18-41-29/h9-11,13-14,17-19,22-24,26-28,30-33H,8,12,15-16,20-21H2,1-7H3,(H,42,51)(H,43,50)(H,44,48)(H,45,49)/t24-,26+,27+,28?,30-,31-,32+,33+/m1/s1. The van der Waals surface area contributed by atoms with Crippen LogP contribution in [0.15, 0.2) is 48.9 Å². The van der Waals surface area contributed by atoms with Gasteiger partial charge in [-0.25, -0.2) is 4.98 Å². The molecular weight excluding hydrogens is 694 g/mol. The molecule has 2 aliphatic rings. The normalized spacial score (nSPS) is 21.5. The van der Waals surface area contributed by atoms with Gasteiger partial charge < -0.3 is 35.6 Å². The Bertz CT molecular complexity index is 1610. The van der Waals surface area contributed by atoms with Gasteiger partial charge in [0.15, 0.2) is 0 Å². The van der Waals surface area contributed by atoms with E-state index in [-0.39, 0.29) is 49.3 Å². The molecule has 4 rings (SSSR count). The summed E-state index contributed by atoms with van der Waals surface area (Å²) in [7, 11) is 1.52. The first-order valence-electron chi connectivity index (χ1n) is 18.8. The zero-order chi connectivity index (χ0) is 39.5. The molecule has 5 amide bonds. The average Bonchev–Trinajstić information content (AvgIpc) is 3.74. The van der Waals surface area contributed by atoms with E-state index in [0.29, 0.717) is 19.3 Å². The summed E-state index contributed by atoms with van der Waals surface area (Å²) >= 11 is 0. The van der Waals surface area contributed by atoms with E-state index in [4.69, 9.17) is 9.47 Å². The number of likely N-dealkylation sites (tertiary alicyclic amines) is 1. The van der Waals surface area contributed by atoms with Crippen LogP contribution in [0, 0.1) is 23.7 Å². The summed E-state index contributed by atoms with van der Waals surface area (Å²) in [5, 5.41) is 11.1. The second-order valence-electron chi connectivity index (χ2n) is 14.8. The number of amides is 5. The Morgan fingerprint density at radius 3 is 2.19 bits per heavy atom. The molecule has 54 heavy (non-hydrogen) atoms.